The van der Waals surface area contributed by atoms with E-state index in [1.54, 1.807) is 0 Å². The monoisotopic (exact) mass is 1720 g/mol. The second kappa shape index (κ2) is 33.7. The van der Waals surface area contributed by atoms with Gasteiger partial charge in [0.15, 0.2) is 11.6 Å². The molecule has 0 atom stereocenters. The van der Waals surface area contributed by atoms with Crippen molar-refractivity contribution in [2.24, 2.45) is 0 Å². The van der Waals surface area contributed by atoms with Crippen molar-refractivity contribution in [2.75, 3.05) is 0 Å². The van der Waals surface area contributed by atoms with Gasteiger partial charge in [-0.15, -0.1) is 0 Å². The molecule has 0 spiro atoms. The molecule has 0 fully saturated rings. The number of aromatic nitrogens is 6. The lowest BCUT2D eigenvalue weighted by Crippen LogP contribution is -1.97. The van der Waals surface area contributed by atoms with Gasteiger partial charge in [0, 0.05) is 82.0 Å². The Morgan fingerprint density at radius 2 is 0.430 bits per heavy atom. The van der Waals surface area contributed by atoms with E-state index in [0.29, 0.717) is 0 Å². The van der Waals surface area contributed by atoms with Gasteiger partial charge in [-0.2, -0.15) is 0 Å². The molecule has 9 heteroatoms. The van der Waals surface area contributed by atoms with Gasteiger partial charge in [-0.1, -0.05) is 406 Å². The zero-order chi connectivity index (χ0) is 89.2. The molecule has 0 aliphatic heterocycles. The van der Waals surface area contributed by atoms with Crippen molar-refractivity contribution in [2.45, 2.75) is 0 Å². The van der Waals surface area contributed by atoms with Crippen LogP contribution in [0, 0.1) is 0 Å². The van der Waals surface area contributed by atoms with Gasteiger partial charge in [-0.05, 0) is 160 Å². The molecule has 0 aliphatic rings. The first-order valence-electron chi connectivity index (χ1n) is 45.5. The Labute approximate surface area is 776 Å². The lowest BCUT2D eigenvalue weighted by atomic mass is 9.90. The van der Waals surface area contributed by atoms with E-state index in [1.807, 2.05) is 109 Å². The smallest absolute Gasteiger partial charge is 0.160 e. The molecular formula is C126H78N6O3. The molecule has 6 heterocycles. The highest BCUT2D eigenvalue weighted by Crippen LogP contribution is 2.49. The minimum absolute atomic E-state index is 0.722. The highest BCUT2D eigenvalue weighted by Gasteiger charge is 2.25. The van der Waals surface area contributed by atoms with Gasteiger partial charge in [0.2, 0.25) is 0 Å². The minimum Gasteiger partial charge on any atom is -0.456 e. The van der Waals surface area contributed by atoms with E-state index in [4.69, 9.17) is 43.2 Å². The normalized spacial score (nSPS) is 11.6. The quantitative estimate of drug-likeness (QED) is 0.118. The SMILES string of the molecule is c1ccc(-c2nc(-c3ccccc3)c3cc(-c4ccc(-c5cccc6oc7ccccc7c56)c5ccccc45)ccc3n2)cc1.c1ccc(-c2nc(-c3ccccc3)c3ccc(-c4ccc(-c5cccc6oc7ccccc7c56)c5ccccc45)cc3n2)cc1.c1ccc(-c2nc3cccc(-c4ccc(-c5cccc6oc7ccccc7c56)c5ccccc45)c3nc2-c2ccccc2)cc1. The lowest BCUT2D eigenvalue weighted by Gasteiger charge is -2.16. The van der Waals surface area contributed by atoms with Crippen molar-refractivity contribution in [1.82, 2.24) is 29.9 Å². The van der Waals surface area contributed by atoms with Crippen molar-refractivity contribution in [3.05, 3.63) is 473 Å². The molecule has 0 aliphatic carbocycles. The fraction of sp³-hybridized carbons (Fsp3) is 0. The minimum atomic E-state index is 0.722. The molecule has 630 valence electrons. The van der Waals surface area contributed by atoms with Crippen LogP contribution in [0.3, 0.4) is 0 Å². The first kappa shape index (κ1) is 79.0. The number of rotatable bonds is 12. The van der Waals surface area contributed by atoms with Gasteiger partial charge in [0.25, 0.3) is 0 Å². The zero-order valence-electron chi connectivity index (χ0n) is 72.9. The third-order valence-electron chi connectivity index (χ3n) is 26.1. The largest absolute Gasteiger partial charge is 0.456 e. The maximum atomic E-state index is 6.24. The maximum absolute atomic E-state index is 6.24. The Morgan fingerprint density at radius 1 is 0.133 bits per heavy atom. The summed E-state index contributed by atoms with van der Waals surface area (Å²) in [5.74, 6) is 1.45. The predicted octanol–water partition coefficient (Wildman–Crippen LogP) is 34.1. The number of benzene rings is 21. The summed E-state index contributed by atoms with van der Waals surface area (Å²) in [4.78, 5) is 30.9. The molecule has 135 heavy (non-hydrogen) atoms. The van der Waals surface area contributed by atoms with E-state index < -0.39 is 0 Å². The van der Waals surface area contributed by atoms with Crippen LogP contribution >= 0.6 is 0 Å². The number of hydrogen-bond acceptors (Lipinski definition) is 9. The summed E-state index contributed by atoms with van der Waals surface area (Å²) in [5.41, 5.74) is 32.7. The van der Waals surface area contributed by atoms with Crippen molar-refractivity contribution >= 4 is 131 Å². The third-order valence-corrected chi connectivity index (χ3v) is 26.1. The highest BCUT2D eigenvalue weighted by molar-refractivity contribution is 6.21. The summed E-state index contributed by atoms with van der Waals surface area (Å²) in [6.45, 7) is 0. The van der Waals surface area contributed by atoms with Gasteiger partial charge in [0.1, 0.15) is 33.5 Å². The molecule has 0 saturated carbocycles. The molecule has 0 radical (unpaired) electrons. The average molecular weight is 1720 g/mol. The molecule has 6 aromatic heterocycles. The first-order valence-corrected chi connectivity index (χ1v) is 45.5. The van der Waals surface area contributed by atoms with Crippen molar-refractivity contribution < 1.29 is 13.3 Å². The van der Waals surface area contributed by atoms with Crippen LogP contribution in [0.4, 0.5) is 0 Å². The number of fused-ring (bicyclic) bond motifs is 15. The lowest BCUT2D eigenvalue weighted by molar-refractivity contribution is 0.668. The van der Waals surface area contributed by atoms with Gasteiger partial charge in [-0.3, -0.25) is 0 Å². The van der Waals surface area contributed by atoms with Crippen LogP contribution in [0.2, 0.25) is 0 Å². The van der Waals surface area contributed by atoms with Gasteiger partial charge >= 0.3 is 0 Å². The highest BCUT2D eigenvalue weighted by atomic mass is 16.3. The number of furan rings is 3. The topological polar surface area (TPSA) is 117 Å². The van der Waals surface area contributed by atoms with Crippen LogP contribution in [-0.2, 0) is 0 Å². The van der Waals surface area contributed by atoms with E-state index in [-0.39, 0.29) is 0 Å². The maximum Gasteiger partial charge on any atom is 0.160 e. The predicted molar refractivity (Wildman–Crippen MR) is 558 cm³/mol. The van der Waals surface area contributed by atoms with E-state index in [0.717, 1.165) is 194 Å². The average Bonchev–Trinajstić information content (AvgIpc) is 1.10. The summed E-state index contributed by atoms with van der Waals surface area (Å²) in [6, 6.07) is 165. The second-order valence-electron chi connectivity index (χ2n) is 34.0. The molecule has 21 aromatic carbocycles. The van der Waals surface area contributed by atoms with E-state index in [9.17, 15) is 0 Å². The standard InChI is InChI=1S/3C42H26N2O/c1-3-13-27(14-4-1)40-41(28-15-5-2-6-16-28)44-42-34(21-11-22-36(42)43-40)32-26-25-31(29-17-7-8-18-30(29)32)33-20-12-24-38-39(33)35-19-9-10-23-37(35)45-38;1-3-12-27(13-4-1)41-36-26-29(22-25-37(36)43-42(44-41)28-14-5-2-6-15-28)30-23-24-33(32-17-8-7-16-31(30)32)34-19-11-21-39-40(34)35-18-9-10-20-38(35)45-39;1-3-12-27(13-4-1)41-35-23-22-29(26-37(35)43-42(44-41)28-14-5-2-6-15-28)30-24-25-33(32-17-8-7-16-31(30)32)34-19-11-21-39-40(34)36-18-9-10-20-38(36)45-39/h3*1-26H. The second-order valence-corrected chi connectivity index (χ2v) is 34.0. The van der Waals surface area contributed by atoms with Crippen LogP contribution in [0.15, 0.2) is 486 Å². The van der Waals surface area contributed by atoms with Crippen molar-refractivity contribution in [1.29, 1.82) is 0 Å². The zero-order valence-corrected chi connectivity index (χ0v) is 72.9. The fourth-order valence-corrected chi connectivity index (χ4v) is 19.9. The number of hydrogen-bond donors (Lipinski definition) is 0. The van der Waals surface area contributed by atoms with Crippen LogP contribution < -0.4 is 0 Å². The molecule has 27 aromatic rings. The van der Waals surface area contributed by atoms with Crippen LogP contribution in [0.25, 0.3) is 266 Å². The first-order chi connectivity index (χ1) is 67.0. The van der Waals surface area contributed by atoms with Gasteiger partial charge in [0.05, 0.1) is 44.8 Å². The Balaban J connectivity index is 0.000000108. The van der Waals surface area contributed by atoms with E-state index >= 15 is 0 Å². The molecule has 9 nitrogen and oxygen atoms in total. The van der Waals surface area contributed by atoms with Crippen molar-refractivity contribution in [3.8, 4) is 135 Å². The third kappa shape index (κ3) is 14.2. The van der Waals surface area contributed by atoms with E-state index in [1.165, 1.54) is 71.3 Å². The molecule has 0 saturated heterocycles. The Bertz CT molecular complexity index is 9300. The Hall–Kier alpha value is -18.2. The fourth-order valence-electron chi connectivity index (χ4n) is 19.9. The molecule has 0 bridgehead atoms. The van der Waals surface area contributed by atoms with Crippen molar-refractivity contribution in [3.63, 3.8) is 0 Å². The number of para-hydroxylation sites is 4. The van der Waals surface area contributed by atoms with E-state index in [2.05, 4.69) is 364 Å². The number of nitrogens with zero attached hydrogens (tertiary/aromatic N) is 6. The molecule has 0 unspecified atom stereocenters. The van der Waals surface area contributed by atoms with Crippen LogP contribution in [0.1, 0.15) is 0 Å². The summed E-state index contributed by atoms with van der Waals surface area (Å²) < 4.78 is 18.7. The summed E-state index contributed by atoms with van der Waals surface area (Å²) in [7, 11) is 0. The summed E-state index contributed by atoms with van der Waals surface area (Å²) in [5, 5.41) is 16.0. The summed E-state index contributed by atoms with van der Waals surface area (Å²) >= 11 is 0. The van der Waals surface area contributed by atoms with Gasteiger partial charge in [-0.25, -0.2) is 29.9 Å². The Kier molecular flexibility index (Phi) is 19.7. The van der Waals surface area contributed by atoms with Gasteiger partial charge < -0.3 is 13.3 Å². The summed E-state index contributed by atoms with van der Waals surface area (Å²) in [6.07, 6.45) is 0. The molecule has 27 rings (SSSR count). The molecule has 0 amide bonds. The molecular weight excluding hydrogens is 1650 g/mol. The Morgan fingerprint density at radius 3 is 0.844 bits per heavy atom. The van der Waals surface area contributed by atoms with Crippen LogP contribution in [-0.4, -0.2) is 29.9 Å². The van der Waals surface area contributed by atoms with Crippen LogP contribution in [0.5, 0.6) is 0 Å². The molecule has 0 N–H and O–H groups in total.